The van der Waals surface area contributed by atoms with Gasteiger partial charge in [0, 0.05) is 23.6 Å². The number of anilines is 2. The average molecular weight is 699 g/mol. The molecule has 6 atom stereocenters. The largest absolute Gasteiger partial charge is 0.504 e. The van der Waals surface area contributed by atoms with E-state index in [1.807, 2.05) is 31.2 Å². The number of non-ortho nitro benzene ring substituents is 1. The molecule has 0 aromatic heterocycles. The molecule has 4 aromatic rings. The number of imide groups is 2. The maximum absolute atomic E-state index is 15.3. The van der Waals surface area contributed by atoms with Crippen molar-refractivity contribution in [3.8, 4) is 11.5 Å². The van der Waals surface area contributed by atoms with Crippen molar-refractivity contribution in [1.82, 2.24) is 5.01 Å². The Kier molecular flexibility index (Phi) is 7.70. The number of nitro groups is 1. The fraction of sp³-hybridized carbons (Fsp3) is 0.250. The number of phenolic OH excluding ortho intramolecular Hbond substituents is 1. The van der Waals surface area contributed by atoms with E-state index in [1.54, 1.807) is 54.6 Å². The molecule has 0 spiro atoms. The second kappa shape index (κ2) is 12.2. The van der Waals surface area contributed by atoms with E-state index < -0.39 is 63.6 Å². The molecule has 1 saturated carbocycles. The van der Waals surface area contributed by atoms with E-state index in [0.29, 0.717) is 22.4 Å². The van der Waals surface area contributed by atoms with Crippen molar-refractivity contribution in [2.24, 2.45) is 23.7 Å². The van der Waals surface area contributed by atoms with Crippen LogP contribution in [0.5, 0.6) is 11.5 Å². The Morgan fingerprint density at radius 1 is 0.885 bits per heavy atom. The van der Waals surface area contributed by atoms with E-state index in [-0.39, 0.29) is 35.7 Å². The summed E-state index contributed by atoms with van der Waals surface area (Å²) in [6.07, 6.45) is 2.09. The molecule has 12 heteroatoms. The predicted molar refractivity (Wildman–Crippen MR) is 189 cm³/mol. The lowest BCUT2D eigenvalue weighted by atomic mass is 9.49. The zero-order valence-corrected chi connectivity index (χ0v) is 28.3. The molecule has 3 fully saturated rings. The molecule has 0 unspecified atom stereocenters. The lowest BCUT2D eigenvalue weighted by Crippen LogP contribution is -2.53. The van der Waals surface area contributed by atoms with Crippen LogP contribution in [0.3, 0.4) is 0 Å². The molecule has 2 aliphatic carbocycles. The Morgan fingerprint density at radius 3 is 2.33 bits per heavy atom. The van der Waals surface area contributed by atoms with Gasteiger partial charge in [0.15, 0.2) is 11.5 Å². The zero-order valence-electron chi connectivity index (χ0n) is 28.3. The first-order valence-electron chi connectivity index (χ1n) is 17.0. The van der Waals surface area contributed by atoms with Gasteiger partial charge in [-0.15, -0.1) is 0 Å². The molecule has 2 aliphatic heterocycles. The van der Waals surface area contributed by atoms with Gasteiger partial charge in [-0.05, 0) is 55.5 Å². The summed E-state index contributed by atoms with van der Waals surface area (Å²) in [4.78, 5) is 70.6. The molecule has 0 radical (unpaired) electrons. The summed E-state index contributed by atoms with van der Waals surface area (Å²) >= 11 is 0. The summed E-state index contributed by atoms with van der Waals surface area (Å²) in [6.45, 7) is 1.93. The minimum absolute atomic E-state index is 0.0571. The van der Waals surface area contributed by atoms with Crippen LogP contribution < -0.4 is 15.1 Å². The molecule has 2 N–H and O–H groups in total. The number of nitrogens with one attached hydrogen (secondary N) is 1. The molecule has 262 valence electrons. The smallest absolute Gasteiger partial charge is 0.271 e. The third-order valence-corrected chi connectivity index (χ3v) is 11.3. The number of hydrogen-bond donors (Lipinski definition) is 2. The summed E-state index contributed by atoms with van der Waals surface area (Å²) in [5.74, 6) is -6.44. The van der Waals surface area contributed by atoms with Crippen LogP contribution in [0.1, 0.15) is 35.4 Å². The first kappa shape index (κ1) is 32.9. The van der Waals surface area contributed by atoms with Gasteiger partial charge in [-0.2, -0.15) is 5.01 Å². The number of para-hydroxylation sites is 1. The highest BCUT2D eigenvalue weighted by Crippen LogP contribution is 2.65. The fourth-order valence-electron chi connectivity index (χ4n) is 9.03. The molecule has 4 aliphatic rings. The van der Waals surface area contributed by atoms with Crippen LogP contribution in [0.15, 0.2) is 109 Å². The van der Waals surface area contributed by atoms with E-state index >= 15 is 4.79 Å². The molecule has 52 heavy (non-hydrogen) atoms. The highest BCUT2D eigenvalue weighted by molar-refractivity contribution is 6.22. The van der Waals surface area contributed by atoms with Crippen LogP contribution in [0.4, 0.5) is 17.1 Å². The minimum Gasteiger partial charge on any atom is -0.504 e. The van der Waals surface area contributed by atoms with Crippen molar-refractivity contribution in [3.63, 3.8) is 0 Å². The molecule has 8 rings (SSSR count). The quantitative estimate of drug-likeness (QED) is 0.105. The van der Waals surface area contributed by atoms with E-state index in [4.69, 9.17) is 4.74 Å². The number of aromatic hydroxyl groups is 1. The van der Waals surface area contributed by atoms with E-state index in [2.05, 4.69) is 5.43 Å². The number of rotatable bonds is 7. The highest BCUT2D eigenvalue weighted by Gasteiger charge is 2.70. The second-order valence-corrected chi connectivity index (χ2v) is 13.8. The Hall–Kier alpha value is -6.30. The van der Waals surface area contributed by atoms with Crippen molar-refractivity contribution in [2.45, 2.75) is 31.1 Å². The topological polar surface area (TPSA) is 159 Å². The predicted octanol–water partition coefficient (Wildman–Crippen LogP) is 5.81. The number of benzene rings is 4. The van der Waals surface area contributed by atoms with Crippen LogP contribution in [-0.4, -0.2) is 45.8 Å². The highest BCUT2D eigenvalue weighted by atomic mass is 16.6. The van der Waals surface area contributed by atoms with E-state index in [0.717, 1.165) is 15.5 Å². The van der Waals surface area contributed by atoms with Gasteiger partial charge in [0.25, 0.3) is 17.5 Å². The van der Waals surface area contributed by atoms with Crippen molar-refractivity contribution in [2.75, 3.05) is 17.4 Å². The lowest BCUT2D eigenvalue weighted by Gasteiger charge is -2.50. The SMILES string of the molecule is COc1cccc([C@H]2C3=CC[C@@H]4C(=O)N(c5cccc([N+](=O)[O-])c5)C(=O)[C@@H]4[C@@H]3C[C@H]3C(=O)N(Nc4ccc(C)cc4)C(=O)[C@@]23c2ccccc2)c1O. The number of hydrogen-bond acceptors (Lipinski definition) is 9. The summed E-state index contributed by atoms with van der Waals surface area (Å²) in [6, 6.07) is 26.7. The standard InChI is InChI=1S/C40H34N4O8/c1-22-14-16-24(17-15-22)41-43-37(47)31-21-30-27(18-19-28-33(30)38(48)42(36(28)46)25-10-6-11-26(20-25)44(50)51)34(29-12-7-13-32(52-2)35(29)45)40(31,39(43)49)23-8-4-3-5-9-23/h3-18,20,28,30-31,33-34,41,45H,19,21H2,1-2H3/t28-,30+,31-,33-,34+,40+/m0/s1. The number of carbonyl (C=O) groups excluding carboxylic acids is 4. The maximum atomic E-state index is 15.3. The molecule has 4 amide bonds. The molecule has 12 nitrogen and oxygen atoms in total. The first-order chi connectivity index (χ1) is 25.1. The summed E-state index contributed by atoms with van der Waals surface area (Å²) < 4.78 is 5.51. The Bertz CT molecular complexity index is 2200. The van der Waals surface area contributed by atoms with Gasteiger partial charge in [0.2, 0.25) is 11.8 Å². The van der Waals surface area contributed by atoms with Gasteiger partial charge >= 0.3 is 0 Å². The monoisotopic (exact) mass is 698 g/mol. The van der Waals surface area contributed by atoms with Crippen molar-refractivity contribution >= 4 is 40.7 Å². The van der Waals surface area contributed by atoms with Crippen molar-refractivity contribution in [3.05, 3.63) is 136 Å². The molecule has 0 bridgehead atoms. The number of amides is 4. The van der Waals surface area contributed by atoms with Crippen molar-refractivity contribution < 1.29 is 33.9 Å². The first-order valence-corrected chi connectivity index (χ1v) is 17.0. The number of fused-ring (bicyclic) bond motifs is 4. The third-order valence-electron chi connectivity index (χ3n) is 11.3. The Labute approximate surface area is 298 Å². The number of hydrazine groups is 1. The van der Waals surface area contributed by atoms with Crippen LogP contribution in [-0.2, 0) is 24.6 Å². The second-order valence-electron chi connectivity index (χ2n) is 13.8. The molecular weight excluding hydrogens is 664 g/mol. The molecule has 4 aromatic carbocycles. The number of phenols is 1. The fourth-order valence-corrected chi connectivity index (χ4v) is 9.03. The van der Waals surface area contributed by atoms with Crippen LogP contribution in [0, 0.1) is 40.7 Å². The van der Waals surface area contributed by atoms with Crippen molar-refractivity contribution in [1.29, 1.82) is 0 Å². The molecule has 2 heterocycles. The lowest BCUT2D eigenvalue weighted by molar-refractivity contribution is -0.384. The Balaban J connectivity index is 1.32. The third kappa shape index (κ3) is 4.66. The van der Waals surface area contributed by atoms with Gasteiger partial charge in [-0.25, -0.2) is 4.90 Å². The number of aryl methyl sites for hydroxylation is 1. The minimum atomic E-state index is -1.57. The average Bonchev–Trinajstić information content (AvgIpc) is 3.54. The number of nitro benzene ring substituents is 1. The van der Waals surface area contributed by atoms with Crippen LogP contribution in [0.2, 0.25) is 0 Å². The summed E-state index contributed by atoms with van der Waals surface area (Å²) in [5.41, 5.74) is 4.40. The number of allylic oxidation sites excluding steroid dienone is 2. The normalized spacial score (nSPS) is 26.4. The van der Waals surface area contributed by atoms with Gasteiger partial charge in [0.1, 0.15) is 0 Å². The number of methoxy groups -OCH3 is 1. The molecule has 2 saturated heterocycles. The van der Waals surface area contributed by atoms with Gasteiger partial charge in [-0.3, -0.25) is 34.7 Å². The number of nitrogens with zero attached hydrogens (tertiary/aromatic N) is 3. The van der Waals surface area contributed by atoms with Crippen LogP contribution in [0.25, 0.3) is 0 Å². The van der Waals surface area contributed by atoms with Gasteiger partial charge < -0.3 is 9.84 Å². The Morgan fingerprint density at radius 2 is 1.62 bits per heavy atom. The van der Waals surface area contributed by atoms with Gasteiger partial charge in [-0.1, -0.05) is 77.9 Å². The van der Waals surface area contributed by atoms with Crippen LogP contribution >= 0.6 is 0 Å². The summed E-state index contributed by atoms with van der Waals surface area (Å²) in [7, 11) is 1.42. The zero-order chi connectivity index (χ0) is 36.5. The number of carbonyl (C=O) groups is 4. The van der Waals surface area contributed by atoms with E-state index in [9.17, 15) is 29.6 Å². The number of ether oxygens (including phenoxy) is 1. The maximum Gasteiger partial charge on any atom is 0.271 e. The summed E-state index contributed by atoms with van der Waals surface area (Å²) in [5, 5.41) is 24.4. The van der Waals surface area contributed by atoms with Gasteiger partial charge in [0.05, 0.1) is 46.6 Å². The van der Waals surface area contributed by atoms with E-state index in [1.165, 1.54) is 31.4 Å². The molecular formula is C40H34N4O8.